The standard InChI is InChI=1S/C22H28N4O/c1-6-14(3)17-8-10-18(11-9-17)20(7-2)25-22(27)19-13-23-26-16(5)12-15(4)24-21(19)26/h8-14,20H,6-7H2,1-5H3,(H,25,27). The number of benzene rings is 1. The van der Waals surface area contributed by atoms with E-state index < -0.39 is 0 Å². The number of carbonyl (C=O) groups excluding carboxylic acids is 1. The summed E-state index contributed by atoms with van der Waals surface area (Å²) in [5.74, 6) is 0.408. The van der Waals surface area contributed by atoms with E-state index in [1.165, 1.54) is 5.56 Å². The number of hydrogen-bond donors (Lipinski definition) is 1. The molecule has 0 saturated heterocycles. The van der Waals surface area contributed by atoms with Crippen molar-refractivity contribution in [2.24, 2.45) is 0 Å². The molecule has 0 spiro atoms. The maximum atomic E-state index is 12.9. The first-order valence-corrected chi connectivity index (χ1v) is 9.67. The average molecular weight is 364 g/mol. The summed E-state index contributed by atoms with van der Waals surface area (Å²) in [7, 11) is 0. The lowest BCUT2D eigenvalue weighted by molar-refractivity contribution is 0.0937. The number of nitrogens with zero attached hydrogens (tertiary/aromatic N) is 3. The Labute approximate surface area is 160 Å². The molecule has 3 rings (SSSR count). The van der Waals surface area contributed by atoms with E-state index in [-0.39, 0.29) is 11.9 Å². The first-order valence-electron chi connectivity index (χ1n) is 9.67. The number of fused-ring (bicyclic) bond motifs is 1. The maximum absolute atomic E-state index is 12.9. The summed E-state index contributed by atoms with van der Waals surface area (Å²) < 4.78 is 1.71. The summed E-state index contributed by atoms with van der Waals surface area (Å²) in [6.07, 6.45) is 3.54. The highest BCUT2D eigenvalue weighted by atomic mass is 16.1. The van der Waals surface area contributed by atoms with Crippen LogP contribution < -0.4 is 5.32 Å². The monoisotopic (exact) mass is 364 g/mol. The van der Waals surface area contributed by atoms with Crippen LogP contribution in [-0.4, -0.2) is 20.5 Å². The second-order valence-electron chi connectivity index (χ2n) is 7.24. The van der Waals surface area contributed by atoms with E-state index in [9.17, 15) is 4.79 Å². The van der Waals surface area contributed by atoms with E-state index in [1.807, 2.05) is 19.9 Å². The summed E-state index contributed by atoms with van der Waals surface area (Å²) in [5.41, 5.74) is 5.41. The predicted octanol–water partition coefficient (Wildman–Crippen LogP) is 4.74. The third-order valence-electron chi connectivity index (χ3n) is 5.26. The molecule has 1 aromatic carbocycles. The van der Waals surface area contributed by atoms with Crippen LogP contribution in [0.5, 0.6) is 0 Å². The smallest absolute Gasteiger partial charge is 0.257 e. The molecule has 0 radical (unpaired) electrons. The van der Waals surface area contributed by atoms with Crippen LogP contribution in [0.25, 0.3) is 5.65 Å². The van der Waals surface area contributed by atoms with Gasteiger partial charge < -0.3 is 5.32 Å². The van der Waals surface area contributed by atoms with E-state index in [2.05, 4.69) is 60.4 Å². The summed E-state index contributed by atoms with van der Waals surface area (Å²) in [4.78, 5) is 17.4. The lowest BCUT2D eigenvalue weighted by Gasteiger charge is -2.18. The molecule has 1 amide bonds. The number of aryl methyl sites for hydroxylation is 2. The minimum atomic E-state index is -0.139. The van der Waals surface area contributed by atoms with Gasteiger partial charge in [0.2, 0.25) is 0 Å². The molecule has 5 heteroatoms. The minimum absolute atomic E-state index is 0.0376. The number of hydrogen-bond acceptors (Lipinski definition) is 3. The Bertz CT molecular complexity index is 943. The SMILES string of the molecule is CCC(C)c1ccc(C(CC)NC(=O)c2cnn3c(C)cc(C)nc23)cc1. The first-order chi connectivity index (χ1) is 12.9. The van der Waals surface area contributed by atoms with Gasteiger partial charge in [-0.2, -0.15) is 5.10 Å². The Hall–Kier alpha value is -2.69. The fourth-order valence-corrected chi connectivity index (χ4v) is 3.38. The number of amides is 1. The van der Waals surface area contributed by atoms with Crippen LogP contribution in [0.4, 0.5) is 0 Å². The second kappa shape index (κ2) is 7.91. The number of nitrogens with one attached hydrogen (secondary N) is 1. The molecule has 0 bridgehead atoms. The second-order valence-corrected chi connectivity index (χ2v) is 7.24. The number of rotatable bonds is 6. The van der Waals surface area contributed by atoms with Crippen molar-refractivity contribution in [3.8, 4) is 0 Å². The zero-order valence-corrected chi connectivity index (χ0v) is 16.8. The molecule has 2 unspecified atom stereocenters. The van der Waals surface area contributed by atoms with Gasteiger partial charge in [-0.3, -0.25) is 4.79 Å². The molecule has 0 aliphatic heterocycles. The Morgan fingerprint density at radius 1 is 1.11 bits per heavy atom. The molecule has 3 aromatic rings. The molecule has 1 N–H and O–H groups in total. The lowest BCUT2D eigenvalue weighted by Crippen LogP contribution is -2.28. The van der Waals surface area contributed by atoms with E-state index >= 15 is 0 Å². The van der Waals surface area contributed by atoms with Gasteiger partial charge in [0.05, 0.1) is 12.2 Å². The molecule has 5 nitrogen and oxygen atoms in total. The van der Waals surface area contributed by atoms with Crippen molar-refractivity contribution in [2.45, 2.75) is 59.4 Å². The Kier molecular flexibility index (Phi) is 5.59. The van der Waals surface area contributed by atoms with Gasteiger partial charge in [0.15, 0.2) is 5.65 Å². The first kappa shape index (κ1) is 19.1. The fourth-order valence-electron chi connectivity index (χ4n) is 3.38. The molecule has 2 aromatic heterocycles. The molecule has 2 atom stereocenters. The van der Waals surface area contributed by atoms with Crippen molar-refractivity contribution in [3.05, 3.63) is 64.6 Å². The van der Waals surface area contributed by atoms with Crippen molar-refractivity contribution < 1.29 is 4.79 Å². The van der Waals surface area contributed by atoms with Crippen LogP contribution in [0, 0.1) is 13.8 Å². The average Bonchev–Trinajstić information content (AvgIpc) is 3.09. The van der Waals surface area contributed by atoms with Crippen molar-refractivity contribution in [1.82, 2.24) is 19.9 Å². The van der Waals surface area contributed by atoms with Crippen molar-refractivity contribution >= 4 is 11.6 Å². The van der Waals surface area contributed by atoms with Crippen LogP contribution in [0.3, 0.4) is 0 Å². The molecule has 0 aliphatic rings. The highest BCUT2D eigenvalue weighted by Gasteiger charge is 2.19. The van der Waals surface area contributed by atoms with Gasteiger partial charge in [-0.1, -0.05) is 45.0 Å². The third kappa shape index (κ3) is 3.87. The van der Waals surface area contributed by atoms with E-state index in [4.69, 9.17) is 0 Å². The fraction of sp³-hybridized carbons (Fsp3) is 0.409. The Morgan fingerprint density at radius 3 is 2.41 bits per heavy atom. The molecule has 2 heterocycles. The van der Waals surface area contributed by atoms with Gasteiger partial charge in [0.25, 0.3) is 5.91 Å². The molecule has 0 saturated carbocycles. The van der Waals surface area contributed by atoms with Gasteiger partial charge in [0.1, 0.15) is 5.56 Å². The zero-order valence-electron chi connectivity index (χ0n) is 16.8. The van der Waals surface area contributed by atoms with Gasteiger partial charge in [-0.25, -0.2) is 9.50 Å². The van der Waals surface area contributed by atoms with Crippen molar-refractivity contribution in [1.29, 1.82) is 0 Å². The van der Waals surface area contributed by atoms with Crippen LogP contribution in [0.1, 0.15) is 78.4 Å². The quantitative estimate of drug-likeness (QED) is 0.687. The largest absolute Gasteiger partial charge is 0.345 e. The molecular formula is C22H28N4O. The van der Waals surface area contributed by atoms with Gasteiger partial charge in [-0.05, 0) is 49.8 Å². The van der Waals surface area contributed by atoms with E-state index in [0.29, 0.717) is 17.1 Å². The lowest BCUT2D eigenvalue weighted by atomic mass is 9.95. The van der Waals surface area contributed by atoms with Crippen LogP contribution in [0.2, 0.25) is 0 Å². The van der Waals surface area contributed by atoms with Crippen molar-refractivity contribution in [2.75, 3.05) is 0 Å². The van der Waals surface area contributed by atoms with Gasteiger partial charge in [0, 0.05) is 11.4 Å². The predicted molar refractivity (Wildman–Crippen MR) is 108 cm³/mol. The third-order valence-corrected chi connectivity index (χ3v) is 5.26. The van der Waals surface area contributed by atoms with Crippen LogP contribution in [-0.2, 0) is 0 Å². The van der Waals surface area contributed by atoms with E-state index in [0.717, 1.165) is 29.8 Å². The van der Waals surface area contributed by atoms with Crippen molar-refractivity contribution in [3.63, 3.8) is 0 Å². The van der Waals surface area contributed by atoms with Gasteiger partial charge >= 0.3 is 0 Å². The normalized spacial score (nSPS) is 13.5. The number of aromatic nitrogens is 3. The summed E-state index contributed by atoms with van der Waals surface area (Å²) in [6, 6.07) is 10.5. The zero-order chi connectivity index (χ0) is 19.6. The van der Waals surface area contributed by atoms with E-state index in [1.54, 1.807) is 10.7 Å². The molecule has 27 heavy (non-hydrogen) atoms. The minimum Gasteiger partial charge on any atom is -0.345 e. The maximum Gasteiger partial charge on any atom is 0.257 e. The van der Waals surface area contributed by atoms with Gasteiger partial charge in [-0.15, -0.1) is 0 Å². The summed E-state index contributed by atoms with van der Waals surface area (Å²) >= 11 is 0. The molecular weight excluding hydrogens is 336 g/mol. The summed E-state index contributed by atoms with van der Waals surface area (Å²) in [6.45, 7) is 10.4. The molecule has 0 aliphatic carbocycles. The Balaban J connectivity index is 1.83. The highest BCUT2D eigenvalue weighted by Crippen LogP contribution is 2.23. The Morgan fingerprint density at radius 2 is 1.78 bits per heavy atom. The summed E-state index contributed by atoms with van der Waals surface area (Å²) in [5, 5.41) is 7.47. The molecule has 0 fully saturated rings. The van der Waals surface area contributed by atoms with Crippen LogP contribution in [0.15, 0.2) is 36.5 Å². The van der Waals surface area contributed by atoms with Crippen LogP contribution >= 0.6 is 0 Å². The number of carbonyl (C=O) groups is 1. The highest BCUT2D eigenvalue weighted by molar-refractivity contribution is 5.99. The molecule has 142 valence electrons. The topological polar surface area (TPSA) is 59.3 Å².